The second-order valence-electron chi connectivity index (χ2n) is 4.04. The number of rotatable bonds is 5. The van der Waals surface area contributed by atoms with Crippen molar-refractivity contribution >= 4 is 33.5 Å². The third-order valence-electron chi connectivity index (χ3n) is 2.48. The first-order valence-corrected chi connectivity index (χ1v) is 6.55. The van der Waals surface area contributed by atoms with Gasteiger partial charge in [0.25, 0.3) is 0 Å². The van der Waals surface area contributed by atoms with Crippen LogP contribution in [0.2, 0.25) is 0 Å². The van der Waals surface area contributed by atoms with E-state index in [0.29, 0.717) is 28.6 Å². The van der Waals surface area contributed by atoms with Gasteiger partial charge in [0, 0.05) is 19.0 Å². The van der Waals surface area contributed by atoms with Gasteiger partial charge >= 0.3 is 5.97 Å². The van der Waals surface area contributed by atoms with Gasteiger partial charge in [0.2, 0.25) is 5.91 Å². The van der Waals surface area contributed by atoms with Crippen molar-refractivity contribution in [1.82, 2.24) is 0 Å². The van der Waals surface area contributed by atoms with Crippen LogP contribution in [0.4, 0.5) is 10.1 Å². The van der Waals surface area contributed by atoms with Crippen LogP contribution in [-0.2, 0) is 20.7 Å². The first kappa shape index (κ1) is 15.6. The molecule has 0 heterocycles. The van der Waals surface area contributed by atoms with Crippen LogP contribution in [0.3, 0.4) is 0 Å². The minimum Gasteiger partial charge on any atom is -0.469 e. The van der Waals surface area contributed by atoms with Crippen molar-refractivity contribution in [2.45, 2.75) is 26.2 Å². The number of nitrogens with one attached hydrogen (secondary N) is 1. The van der Waals surface area contributed by atoms with Gasteiger partial charge in [-0.3, -0.25) is 9.59 Å². The van der Waals surface area contributed by atoms with Crippen LogP contribution < -0.4 is 5.32 Å². The predicted octanol–water partition coefficient (Wildman–Crippen LogP) is 3.04. The Kier molecular flexibility index (Phi) is 5.95. The average Bonchev–Trinajstić information content (AvgIpc) is 2.34. The second-order valence-corrected chi connectivity index (χ2v) is 4.84. The fourth-order valence-electron chi connectivity index (χ4n) is 1.63. The summed E-state index contributed by atoms with van der Waals surface area (Å²) in [4.78, 5) is 22.0. The lowest BCUT2D eigenvalue weighted by molar-refractivity contribution is -0.140. The molecule has 4 nitrogen and oxygen atoms in total. The molecule has 1 rings (SSSR count). The van der Waals surface area contributed by atoms with Crippen molar-refractivity contribution in [2.75, 3.05) is 12.4 Å². The van der Waals surface area contributed by atoms with Crippen molar-refractivity contribution in [3.05, 3.63) is 28.0 Å². The molecule has 0 bridgehead atoms. The van der Waals surface area contributed by atoms with Crippen LogP contribution in [0.25, 0.3) is 0 Å². The average molecular weight is 332 g/mol. The highest BCUT2D eigenvalue weighted by Crippen LogP contribution is 2.26. The molecule has 104 valence electrons. The first-order valence-electron chi connectivity index (χ1n) is 5.76. The molecule has 1 aromatic carbocycles. The topological polar surface area (TPSA) is 55.4 Å². The molecule has 1 N–H and O–H groups in total. The lowest BCUT2D eigenvalue weighted by Crippen LogP contribution is -2.07. The quantitative estimate of drug-likeness (QED) is 0.843. The molecule has 0 aliphatic carbocycles. The molecule has 0 saturated carbocycles. The van der Waals surface area contributed by atoms with E-state index in [4.69, 9.17) is 0 Å². The van der Waals surface area contributed by atoms with Gasteiger partial charge in [-0.1, -0.05) is 0 Å². The molecule has 0 unspecified atom stereocenters. The van der Waals surface area contributed by atoms with Crippen LogP contribution in [0.5, 0.6) is 0 Å². The number of amides is 1. The third kappa shape index (κ3) is 4.98. The number of carbonyl (C=O) groups is 2. The largest absolute Gasteiger partial charge is 0.469 e. The Labute approximate surface area is 119 Å². The van der Waals surface area contributed by atoms with Crippen LogP contribution >= 0.6 is 15.9 Å². The van der Waals surface area contributed by atoms with Crippen LogP contribution in [0.1, 0.15) is 25.3 Å². The molecule has 0 aromatic heterocycles. The Hall–Kier alpha value is -1.43. The maximum Gasteiger partial charge on any atom is 0.305 e. The molecule has 0 saturated heterocycles. The highest BCUT2D eigenvalue weighted by atomic mass is 79.9. The molecule has 0 fully saturated rings. The predicted molar refractivity (Wildman–Crippen MR) is 73.4 cm³/mol. The van der Waals surface area contributed by atoms with Gasteiger partial charge in [0.15, 0.2) is 0 Å². The summed E-state index contributed by atoms with van der Waals surface area (Å²) < 4.78 is 18.5. The number of hydrogen-bond acceptors (Lipinski definition) is 3. The number of methoxy groups -OCH3 is 1. The fourth-order valence-corrected chi connectivity index (χ4v) is 2.06. The van der Waals surface area contributed by atoms with Crippen molar-refractivity contribution in [1.29, 1.82) is 0 Å². The Balaban J connectivity index is 2.78. The van der Waals surface area contributed by atoms with E-state index in [1.54, 1.807) is 6.07 Å². The summed E-state index contributed by atoms with van der Waals surface area (Å²) >= 11 is 3.16. The van der Waals surface area contributed by atoms with Crippen LogP contribution in [-0.4, -0.2) is 19.0 Å². The van der Waals surface area contributed by atoms with Crippen molar-refractivity contribution in [2.24, 2.45) is 0 Å². The maximum absolute atomic E-state index is 13.7. The molecule has 0 aliphatic heterocycles. The standard InChI is InChI=1S/C13H15BrFNO3/c1-8(17)16-10-6-9(13(14)11(15)7-10)4-3-5-12(18)19-2/h6-7H,3-5H2,1-2H3,(H,16,17). The van der Waals surface area contributed by atoms with Crippen molar-refractivity contribution in [3.63, 3.8) is 0 Å². The lowest BCUT2D eigenvalue weighted by atomic mass is 10.1. The van der Waals surface area contributed by atoms with Crippen molar-refractivity contribution in [3.8, 4) is 0 Å². The lowest BCUT2D eigenvalue weighted by Gasteiger charge is -2.09. The summed E-state index contributed by atoms with van der Waals surface area (Å²) in [5, 5.41) is 2.53. The van der Waals surface area contributed by atoms with Gasteiger partial charge in [-0.15, -0.1) is 0 Å². The Morgan fingerprint density at radius 3 is 2.68 bits per heavy atom. The summed E-state index contributed by atoms with van der Waals surface area (Å²) in [5.74, 6) is -1.00. The molecule has 0 aliphatic rings. The summed E-state index contributed by atoms with van der Waals surface area (Å²) in [6.45, 7) is 1.36. The maximum atomic E-state index is 13.7. The number of aryl methyl sites for hydroxylation is 1. The van der Waals surface area contributed by atoms with Gasteiger partial charge in [-0.25, -0.2) is 4.39 Å². The zero-order valence-electron chi connectivity index (χ0n) is 10.8. The van der Waals surface area contributed by atoms with Crippen molar-refractivity contribution < 1.29 is 18.7 Å². The number of halogens is 2. The molecule has 1 aromatic rings. The monoisotopic (exact) mass is 331 g/mol. The van der Waals surface area contributed by atoms with Crippen LogP contribution in [0.15, 0.2) is 16.6 Å². The molecule has 0 radical (unpaired) electrons. The van der Waals surface area contributed by atoms with Gasteiger partial charge in [-0.05, 0) is 46.5 Å². The normalized spacial score (nSPS) is 10.1. The second kappa shape index (κ2) is 7.23. The number of anilines is 1. The molecule has 0 spiro atoms. The van der Waals surface area contributed by atoms with E-state index < -0.39 is 5.82 Å². The molecule has 1 amide bonds. The summed E-state index contributed by atoms with van der Waals surface area (Å²) in [7, 11) is 1.33. The Bertz CT molecular complexity index is 491. The summed E-state index contributed by atoms with van der Waals surface area (Å²) in [5.41, 5.74) is 1.11. The third-order valence-corrected chi connectivity index (χ3v) is 3.37. The molecular formula is C13H15BrFNO3. The molecule has 0 atom stereocenters. The minimum atomic E-state index is -0.445. The molecule has 6 heteroatoms. The zero-order chi connectivity index (χ0) is 14.4. The van der Waals surface area contributed by atoms with E-state index in [-0.39, 0.29) is 18.3 Å². The summed E-state index contributed by atoms with van der Waals surface area (Å²) in [6.07, 6.45) is 1.34. The van der Waals surface area contributed by atoms with Gasteiger partial charge in [-0.2, -0.15) is 0 Å². The van der Waals surface area contributed by atoms with E-state index in [1.165, 1.54) is 20.1 Å². The number of carbonyl (C=O) groups excluding carboxylic acids is 2. The number of benzene rings is 1. The summed E-state index contributed by atoms with van der Waals surface area (Å²) in [6, 6.07) is 2.93. The zero-order valence-corrected chi connectivity index (χ0v) is 12.3. The van der Waals surface area contributed by atoms with Gasteiger partial charge in [0.05, 0.1) is 11.6 Å². The Morgan fingerprint density at radius 1 is 1.42 bits per heavy atom. The smallest absolute Gasteiger partial charge is 0.305 e. The Morgan fingerprint density at radius 2 is 2.11 bits per heavy atom. The SMILES string of the molecule is COC(=O)CCCc1cc(NC(C)=O)cc(F)c1Br. The van der Waals surface area contributed by atoms with E-state index in [0.717, 1.165) is 0 Å². The van der Waals surface area contributed by atoms with Gasteiger partial charge in [0.1, 0.15) is 5.82 Å². The van der Waals surface area contributed by atoms with E-state index in [2.05, 4.69) is 26.0 Å². The molecule has 19 heavy (non-hydrogen) atoms. The fraction of sp³-hybridized carbons (Fsp3) is 0.385. The number of hydrogen-bond donors (Lipinski definition) is 1. The van der Waals surface area contributed by atoms with E-state index in [1.807, 2.05) is 0 Å². The van der Waals surface area contributed by atoms with Gasteiger partial charge < -0.3 is 10.1 Å². The number of ether oxygens (including phenoxy) is 1. The number of esters is 1. The minimum absolute atomic E-state index is 0.262. The highest BCUT2D eigenvalue weighted by molar-refractivity contribution is 9.10. The van der Waals surface area contributed by atoms with E-state index in [9.17, 15) is 14.0 Å². The van der Waals surface area contributed by atoms with E-state index >= 15 is 0 Å². The molecular weight excluding hydrogens is 317 g/mol. The highest BCUT2D eigenvalue weighted by Gasteiger charge is 2.10. The van der Waals surface area contributed by atoms with Crippen LogP contribution in [0, 0.1) is 5.82 Å². The first-order chi connectivity index (χ1) is 8.93.